The van der Waals surface area contributed by atoms with Gasteiger partial charge in [0.15, 0.2) is 0 Å². The molecule has 0 aromatic carbocycles. The maximum atomic E-state index is 11.6. The normalized spacial score (nSPS) is 27.6. The van der Waals surface area contributed by atoms with E-state index >= 15 is 0 Å². The van der Waals surface area contributed by atoms with Crippen LogP contribution in [-0.2, 0) is 14.3 Å². The maximum Gasteiger partial charge on any atom is 0.316 e. The summed E-state index contributed by atoms with van der Waals surface area (Å²) in [5.41, 5.74) is 0.160. The molecule has 0 heterocycles. The highest BCUT2D eigenvalue weighted by Crippen LogP contribution is 2.39. The quantitative estimate of drug-likeness (QED) is 0.494. The third-order valence-corrected chi connectivity index (χ3v) is 3.36. The van der Waals surface area contributed by atoms with Gasteiger partial charge in [0.1, 0.15) is 11.7 Å². The minimum absolute atomic E-state index is 0.0438. The van der Waals surface area contributed by atoms with Gasteiger partial charge >= 0.3 is 5.97 Å². The van der Waals surface area contributed by atoms with Crippen LogP contribution in [0.4, 0.5) is 0 Å². The highest BCUT2D eigenvalue weighted by atomic mass is 16.5. The fourth-order valence-corrected chi connectivity index (χ4v) is 2.18. The lowest BCUT2D eigenvalue weighted by Gasteiger charge is -2.35. The van der Waals surface area contributed by atoms with Crippen molar-refractivity contribution in [3.05, 3.63) is 0 Å². The molecule has 2 atom stereocenters. The zero-order valence-corrected chi connectivity index (χ0v) is 10.0. The summed E-state index contributed by atoms with van der Waals surface area (Å²) in [6.45, 7) is 6.46. The molecule has 0 aliphatic heterocycles. The van der Waals surface area contributed by atoms with Crippen molar-refractivity contribution in [1.29, 1.82) is 0 Å². The Bertz CT molecular complexity index is 255. The largest absolute Gasteiger partial charge is 0.468 e. The van der Waals surface area contributed by atoms with Crippen LogP contribution in [-0.4, -0.2) is 18.9 Å². The van der Waals surface area contributed by atoms with Gasteiger partial charge in [0.25, 0.3) is 0 Å². The molecular formula is C12H20O3. The van der Waals surface area contributed by atoms with Crippen molar-refractivity contribution in [3.8, 4) is 0 Å². The van der Waals surface area contributed by atoms with Crippen LogP contribution >= 0.6 is 0 Å². The Hall–Kier alpha value is -0.860. The van der Waals surface area contributed by atoms with Crippen LogP contribution in [0.1, 0.15) is 40.0 Å². The fraction of sp³-hybridized carbons (Fsp3) is 0.833. The molecule has 86 valence electrons. The second-order valence-corrected chi connectivity index (χ2v) is 5.38. The average Bonchev–Trinajstić information content (AvgIpc) is 2.15. The lowest BCUT2D eigenvalue weighted by atomic mass is 9.69. The summed E-state index contributed by atoms with van der Waals surface area (Å²) in [5, 5.41) is 0. The van der Waals surface area contributed by atoms with Gasteiger partial charge in [-0.15, -0.1) is 0 Å². The predicted molar refractivity (Wildman–Crippen MR) is 57.3 cm³/mol. The van der Waals surface area contributed by atoms with Gasteiger partial charge in [-0.25, -0.2) is 0 Å². The van der Waals surface area contributed by atoms with Gasteiger partial charge in [-0.2, -0.15) is 0 Å². The van der Waals surface area contributed by atoms with Crippen LogP contribution in [0.2, 0.25) is 0 Å². The molecule has 3 heteroatoms. The number of ether oxygens (including phenoxy) is 1. The Labute approximate surface area is 91.2 Å². The predicted octanol–water partition coefficient (Wildman–Crippen LogP) is 2.19. The van der Waals surface area contributed by atoms with E-state index in [0.717, 1.165) is 6.42 Å². The maximum absolute atomic E-state index is 11.6. The van der Waals surface area contributed by atoms with Crippen molar-refractivity contribution in [3.63, 3.8) is 0 Å². The van der Waals surface area contributed by atoms with E-state index in [9.17, 15) is 9.59 Å². The first-order chi connectivity index (χ1) is 6.86. The Morgan fingerprint density at radius 1 is 1.40 bits per heavy atom. The SMILES string of the molecule is COC(=O)[C@@H]1C[C@H](C(C)(C)C)CCC1=O. The Kier molecular flexibility index (Phi) is 3.53. The van der Waals surface area contributed by atoms with Crippen molar-refractivity contribution < 1.29 is 14.3 Å². The molecule has 0 aromatic heterocycles. The number of hydrogen-bond donors (Lipinski definition) is 0. The van der Waals surface area contributed by atoms with E-state index in [1.807, 2.05) is 0 Å². The Morgan fingerprint density at radius 3 is 2.47 bits per heavy atom. The molecular weight excluding hydrogens is 192 g/mol. The second-order valence-electron chi connectivity index (χ2n) is 5.38. The van der Waals surface area contributed by atoms with Crippen LogP contribution in [0.15, 0.2) is 0 Å². The molecule has 0 amide bonds. The first-order valence-electron chi connectivity index (χ1n) is 5.46. The Morgan fingerprint density at radius 2 is 2.00 bits per heavy atom. The third-order valence-electron chi connectivity index (χ3n) is 3.36. The molecule has 0 spiro atoms. The molecule has 1 aliphatic carbocycles. The molecule has 15 heavy (non-hydrogen) atoms. The first-order valence-corrected chi connectivity index (χ1v) is 5.46. The fourth-order valence-electron chi connectivity index (χ4n) is 2.18. The molecule has 0 unspecified atom stereocenters. The van der Waals surface area contributed by atoms with E-state index in [0.29, 0.717) is 18.8 Å². The van der Waals surface area contributed by atoms with Gasteiger partial charge in [-0.1, -0.05) is 20.8 Å². The molecule has 1 aliphatic rings. The van der Waals surface area contributed by atoms with Gasteiger partial charge in [0, 0.05) is 6.42 Å². The topological polar surface area (TPSA) is 43.4 Å². The number of rotatable bonds is 1. The van der Waals surface area contributed by atoms with Crippen LogP contribution in [0, 0.1) is 17.3 Å². The number of ketones is 1. The van der Waals surface area contributed by atoms with Crippen molar-refractivity contribution in [2.45, 2.75) is 40.0 Å². The van der Waals surface area contributed by atoms with Crippen LogP contribution < -0.4 is 0 Å². The zero-order chi connectivity index (χ0) is 11.6. The number of methoxy groups -OCH3 is 1. The van der Waals surface area contributed by atoms with E-state index in [1.165, 1.54) is 7.11 Å². The van der Waals surface area contributed by atoms with E-state index in [-0.39, 0.29) is 17.2 Å². The minimum Gasteiger partial charge on any atom is -0.468 e. The van der Waals surface area contributed by atoms with Gasteiger partial charge in [0.05, 0.1) is 7.11 Å². The number of Topliss-reactive ketones (excluding diaryl/α,β-unsaturated/α-hetero) is 1. The van der Waals surface area contributed by atoms with Crippen molar-refractivity contribution in [2.24, 2.45) is 17.3 Å². The summed E-state index contributed by atoms with van der Waals surface area (Å²) in [4.78, 5) is 23.0. The highest BCUT2D eigenvalue weighted by molar-refractivity contribution is 5.99. The van der Waals surface area contributed by atoms with Crippen molar-refractivity contribution >= 4 is 11.8 Å². The highest BCUT2D eigenvalue weighted by Gasteiger charge is 2.38. The summed E-state index contributed by atoms with van der Waals surface area (Å²) < 4.78 is 4.66. The molecule has 0 aromatic rings. The van der Waals surface area contributed by atoms with E-state index in [1.54, 1.807) is 0 Å². The van der Waals surface area contributed by atoms with Crippen LogP contribution in [0.5, 0.6) is 0 Å². The van der Waals surface area contributed by atoms with E-state index in [2.05, 4.69) is 25.5 Å². The van der Waals surface area contributed by atoms with Gasteiger partial charge < -0.3 is 4.74 Å². The van der Waals surface area contributed by atoms with E-state index in [4.69, 9.17) is 0 Å². The summed E-state index contributed by atoms with van der Waals surface area (Å²) in [5.74, 6) is -0.413. The van der Waals surface area contributed by atoms with Crippen molar-refractivity contribution in [1.82, 2.24) is 0 Å². The number of carbonyl (C=O) groups excluding carboxylic acids is 2. The van der Waals surface area contributed by atoms with Crippen LogP contribution in [0.3, 0.4) is 0 Å². The molecule has 3 nitrogen and oxygen atoms in total. The number of esters is 1. The molecule has 0 bridgehead atoms. The summed E-state index contributed by atoms with van der Waals surface area (Å²) in [7, 11) is 1.34. The molecule has 0 saturated heterocycles. The third kappa shape index (κ3) is 2.80. The summed E-state index contributed by atoms with van der Waals surface area (Å²) >= 11 is 0. The number of carbonyl (C=O) groups is 2. The summed E-state index contributed by atoms with van der Waals surface area (Å²) in [6.07, 6.45) is 2.06. The van der Waals surface area contributed by atoms with E-state index < -0.39 is 5.92 Å². The minimum atomic E-state index is -0.520. The Balaban J connectivity index is 2.72. The zero-order valence-electron chi connectivity index (χ0n) is 10.0. The molecule has 1 fully saturated rings. The molecule has 0 radical (unpaired) electrons. The lowest BCUT2D eigenvalue weighted by Crippen LogP contribution is -2.36. The second kappa shape index (κ2) is 4.33. The first kappa shape index (κ1) is 12.2. The van der Waals surface area contributed by atoms with Crippen LogP contribution in [0.25, 0.3) is 0 Å². The van der Waals surface area contributed by atoms with Crippen molar-refractivity contribution in [2.75, 3.05) is 7.11 Å². The van der Waals surface area contributed by atoms with Gasteiger partial charge in [-0.05, 0) is 24.2 Å². The van der Waals surface area contributed by atoms with Gasteiger partial charge in [-0.3, -0.25) is 9.59 Å². The monoisotopic (exact) mass is 212 g/mol. The standard InChI is InChI=1S/C12H20O3/c1-12(2,3)8-5-6-10(13)9(7-8)11(14)15-4/h8-9H,5-7H2,1-4H3/t8-,9-/m1/s1. The smallest absolute Gasteiger partial charge is 0.316 e. The average molecular weight is 212 g/mol. The van der Waals surface area contributed by atoms with Gasteiger partial charge in [0.2, 0.25) is 0 Å². The number of hydrogen-bond acceptors (Lipinski definition) is 3. The lowest BCUT2D eigenvalue weighted by molar-refractivity contribution is -0.152. The summed E-state index contributed by atoms with van der Waals surface area (Å²) in [6, 6.07) is 0. The molecule has 1 rings (SSSR count). The molecule has 1 saturated carbocycles. The molecule has 0 N–H and O–H groups in total.